The number of hydrogen-bond acceptors (Lipinski definition) is 3. The van der Waals surface area contributed by atoms with Crippen molar-refractivity contribution in [2.24, 2.45) is 0 Å². The highest BCUT2D eigenvalue weighted by atomic mass is 32.2. The molecule has 0 aromatic heterocycles. The van der Waals surface area contributed by atoms with Gasteiger partial charge in [0.2, 0.25) is 0 Å². The first-order valence-corrected chi connectivity index (χ1v) is 6.70. The van der Waals surface area contributed by atoms with Gasteiger partial charge in [-0.2, -0.15) is 8.42 Å². The van der Waals surface area contributed by atoms with Crippen LogP contribution in [0.25, 0.3) is 0 Å². The summed E-state index contributed by atoms with van der Waals surface area (Å²) in [7, 11) is -3.55. The normalized spacial score (nSPS) is 11.4. The van der Waals surface area contributed by atoms with E-state index in [1.54, 1.807) is 6.92 Å². The maximum Gasteiger partial charge on any atom is 0.309 e. The van der Waals surface area contributed by atoms with Crippen molar-refractivity contribution in [2.75, 3.05) is 5.75 Å². The first kappa shape index (κ1) is 13.0. The fourth-order valence-electron chi connectivity index (χ4n) is 1.18. The summed E-state index contributed by atoms with van der Waals surface area (Å²) >= 11 is 0. The molecule has 1 rings (SSSR count). The molecule has 0 fully saturated rings. The number of aryl methyl sites for hydroxylation is 1. The first-order chi connectivity index (χ1) is 7.44. The Balaban J connectivity index is 2.76. The molecule has 0 unspecified atom stereocenters. The van der Waals surface area contributed by atoms with E-state index in [4.69, 9.17) is 4.18 Å². The molecule has 5 heteroatoms. The summed E-state index contributed by atoms with van der Waals surface area (Å²) in [6, 6.07) is 3.88. The zero-order valence-electron chi connectivity index (χ0n) is 9.36. The number of halogens is 1. The summed E-state index contributed by atoms with van der Waals surface area (Å²) < 4.78 is 40.7. The molecule has 0 aliphatic carbocycles. The molecule has 0 aliphatic heterocycles. The lowest BCUT2D eigenvalue weighted by Crippen LogP contribution is -2.13. The quantitative estimate of drug-likeness (QED) is 0.750. The summed E-state index contributed by atoms with van der Waals surface area (Å²) in [5.41, 5.74) is 0.364. The van der Waals surface area contributed by atoms with Gasteiger partial charge in [-0.25, -0.2) is 4.39 Å². The second kappa shape index (κ2) is 5.30. The molecule has 16 heavy (non-hydrogen) atoms. The SMILES string of the molecule is CCCCS(=O)(=O)Oc1ccc(F)c(C)c1. The summed E-state index contributed by atoms with van der Waals surface area (Å²) in [6.07, 6.45) is 1.34. The smallest absolute Gasteiger partial charge is 0.309 e. The zero-order chi connectivity index (χ0) is 12.2. The van der Waals surface area contributed by atoms with Gasteiger partial charge in [-0.15, -0.1) is 0 Å². The molecule has 0 radical (unpaired) electrons. The lowest BCUT2D eigenvalue weighted by Gasteiger charge is -2.07. The molecule has 0 heterocycles. The summed E-state index contributed by atoms with van der Waals surface area (Å²) in [5, 5.41) is 0. The van der Waals surface area contributed by atoms with Gasteiger partial charge >= 0.3 is 10.1 Å². The Hall–Kier alpha value is -1.10. The minimum Gasteiger partial charge on any atom is -0.382 e. The van der Waals surface area contributed by atoms with E-state index in [1.807, 2.05) is 6.92 Å². The maximum atomic E-state index is 12.9. The standard InChI is InChI=1S/C11H15FO3S/c1-3-4-7-16(13,14)15-10-5-6-11(12)9(2)8-10/h5-6,8H,3-4,7H2,1-2H3. The van der Waals surface area contributed by atoms with Gasteiger partial charge < -0.3 is 4.18 Å². The van der Waals surface area contributed by atoms with Gasteiger partial charge in [0.1, 0.15) is 11.6 Å². The van der Waals surface area contributed by atoms with E-state index in [-0.39, 0.29) is 17.3 Å². The lowest BCUT2D eigenvalue weighted by atomic mass is 10.2. The second-order valence-electron chi connectivity index (χ2n) is 3.61. The predicted molar refractivity (Wildman–Crippen MR) is 60.5 cm³/mol. The first-order valence-electron chi connectivity index (χ1n) is 5.13. The molecule has 0 saturated heterocycles. The van der Waals surface area contributed by atoms with E-state index in [0.29, 0.717) is 12.0 Å². The average Bonchev–Trinajstić information content (AvgIpc) is 2.20. The zero-order valence-corrected chi connectivity index (χ0v) is 10.2. The summed E-state index contributed by atoms with van der Waals surface area (Å²) in [4.78, 5) is 0. The number of hydrogen-bond donors (Lipinski definition) is 0. The summed E-state index contributed by atoms with van der Waals surface area (Å²) in [6.45, 7) is 3.46. The third-order valence-electron chi connectivity index (χ3n) is 2.10. The number of unbranched alkanes of at least 4 members (excludes halogenated alkanes) is 1. The Bertz CT molecular complexity index is 454. The molecule has 1 aromatic carbocycles. The van der Waals surface area contributed by atoms with Gasteiger partial charge in [0, 0.05) is 0 Å². The van der Waals surface area contributed by atoms with E-state index >= 15 is 0 Å². The fourth-order valence-corrected chi connectivity index (χ4v) is 2.30. The van der Waals surface area contributed by atoms with Crippen LogP contribution in [-0.2, 0) is 10.1 Å². The van der Waals surface area contributed by atoms with Crippen molar-refractivity contribution in [3.63, 3.8) is 0 Å². The molecule has 0 saturated carbocycles. The number of benzene rings is 1. The van der Waals surface area contributed by atoms with Crippen molar-refractivity contribution in [3.05, 3.63) is 29.6 Å². The van der Waals surface area contributed by atoms with Crippen molar-refractivity contribution in [1.82, 2.24) is 0 Å². The summed E-state index contributed by atoms with van der Waals surface area (Å²) in [5.74, 6) is -0.228. The van der Waals surface area contributed by atoms with Crippen LogP contribution in [-0.4, -0.2) is 14.2 Å². The topological polar surface area (TPSA) is 43.4 Å². The van der Waals surface area contributed by atoms with Crippen molar-refractivity contribution in [3.8, 4) is 5.75 Å². The molecule has 3 nitrogen and oxygen atoms in total. The third kappa shape index (κ3) is 3.81. The molecule has 0 bridgehead atoms. The molecule has 0 aliphatic rings. The van der Waals surface area contributed by atoms with Crippen molar-refractivity contribution in [1.29, 1.82) is 0 Å². The molecule has 0 spiro atoms. The minimum absolute atomic E-state index is 0.0140. The van der Waals surface area contributed by atoms with Gasteiger partial charge in [0.25, 0.3) is 0 Å². The Morgan fingerprint density at radius 2 is 2.06 bits per heavy atom. The van der Waals surface area contributed by atoms with Gasteiger partial charge in [-0.1, -0.05) is 13.3 Å². The van der Waals surface area contributed by atoms with Crippen LogP contribution in [0.15, 0.2) is 18.2 Å². The molecular formula is C11H15FO3S. The Labute approximate surface area is 95.4 Å². The maximum absolute atomic E-state index is 12.9. The fraction of sp³-hybridized carbons (Fsp3) is 0.455. The minimum atomic E-state index is -3.55. The molecule has 1 aromatic rings. The van der Waals surface area contributed by atoms with E-state index < -0.39 is 10.1 Å². The molecule has 0 N–H and O–H groups in total. The highest BCUT2D eigenvalue weighted by Crippen LogP contribution is 2.18. The molecular weight excluding hydrogens is 231 g/mol. The van der Waals surface area contributed by atoms with Crippen LogP contribution in [0.4, 0.5) is 4.39 Å². The Kier molecular flexibility index (Phi) is 4.29. The van der Waals surface area contributed by atoms with Gasteiger partial charge in [0.15, 0.2) is 0 Å². The van der Waals surface area contributed by atoms with Crippen molar-refractivity contribution < 1.29 is 17.0 Å². The van der Waals surface area contributed by atoms with Crippen LogP contribution in [0.5, 0.6) is 5.75 Å². The van der Waals surface area contributed by atoms with E-state index in [0.717, 1.165) is 6.42 Å². The van der Waals surface area contributed by atoms with Crippen LogP contribution in [0.2, 0.25) is 0 Å². The van der Waals surface area contributed by atoms with Crippen molar-refractivity contribution in [2.45, 2.75) is 26.7 Å². The van der Waals surface area contributed by atoms with Gasteiger partial charge in [-0.05, 0) is 37.1 Å². The largest absolute Gasteiger partial charge is 0.382 e. The number of rotatable bonds is 5. The van der Waals surface area contributed by atoms with E-state index in [9.17, 15) is 12.8 Å². The van der Waals surface area contributed by atoms with E-state index in [2.05, 4.69) is 0 Å². The third-order valence-corrected chi connectivity index (χ3v) is 3.34. The highest BCUT2D eigenvalue weighted by Gasteiger charge is 2.12. The van der Waals surface area contributed by atoms with Crippen LogP contribution >= 0.6 is 0 Å². The Morgan fingerprint density at radius 3 is 2.62 bits per heavy atom. The monoisotopic (exact) mass is 246 g/mol. The van der Waals surface area contributed by atoms with E-state index in [1.165, 1.54) is 18.2 Å². The van der Waals surface area contributed by atoms with Crippen molar-refractivity contribution >= 4 is 10.1 Å². The van der Waals surface area contributed by atoms with Crippen LogP contribution in [0.1, 0.15) is 25.3 Å². The van der Waals surface area contributed by atoms with Crippen LogP contribution in [0.3, 0.4) is 0 Å². The lowest BCUT2D eigenvalue weighted by molar-refractivity contribution is 0.482. The highest BCUT2D eigenvalue weighted by molar-refractivity contribution is 7.87. The molecule has 0 amide bonds. The van der Waals surface area contributed by atoms with Gasteiger partial charge in [0.05, 0.1) is 5.75 Å². The molecule has 0 atom stereocenters. The average molecular weight is 246 g/mol. The van der Waals surface area contributed by atoms with Crippen LogP contribution in [0, 0.1) is 12.7 Å². The van der Waals surface area contributed by atoms with Gasteiger partial charge in [-0.3, -0.25) is 0 Å². The second-order valence-corrected chi connectivity index (χ2v) is 5.30. The predicted octanol–water partition coefficient (Wildman–Crippen LogP) is 2.64. The van der Waals surface area contributed by atoms with Crippen LogP contribution < -0.4 is 4.18 Å². The Morgan fingerprint density at radius 1 is 1.38 bits per heavy atom. The molecule has 90 valence electrons.